The summed E-state index contributed by atoms with van der Waals surface area (Å²) in [4.78, 5) is 8.02. The van der Waals surface area contributed by atoms with Crippen LogP contribution in [0.5, 0.6) is 0 Å². The molecule has 1 N–H and O–H groups in total. The molecule has 8 heteroatoms. The number of rotatable bonds is 5. The first-order chi connectivity index (χ1) is 14.2. The fourth-order valence-corrected chi connectivity index (χ4v) is 4.32. The van der Waals surface area contributed by atoms with Crippen LogP contribution in [0.1, 0.15) is 18.9 Å². The molecule has 1 saturated heterocycles. The second-order valence-electron chi connectivity index (χ2n) is 7.82. The number of nitrogens with one attached hydrogen (secondary N) is 1. The third-order valence-corrected chi connectivity index (χ3v) is 6.15. The van der Waals surface area contributed by atoms with Gasteiger partial charge in [0.1, 0.15) is 5.82 Å². The van der Waals surface area contributed by atoms with E-state index in [4.69, 9.17) is 17.3 Å². The second kappa shape index (κ2) is 7.68. The van der Waals surface area contributed by atoms with Gasteiger partial charge >= 0.3 is 0 Å². The number of nitrogens with zero attached hydrogens (tertiary/aromatic N) is 5. The molecule has 2 aliphatic rings. The molecule has 3 heterocycles. The molecule has 1 aromatic carbocycles. The fourth-order valence-electron chi connectivity index (χ4n) is 3.98. The highest BCUT2D eigenvalue weighted by molar-refractivity contribution is 7.71. The van der Waals surface area contributed by atoms with E-state index in [0.29, 0.717) is 6.04 Å². The molecule has 150 valence electrons. The number of halogens is 1. The summed E-state index contributed by atoms with van der Waals surface area (Å²) >= 11 is 5.79. The number of anilines is 1. The van der Waals surface area contributed by atoms with E-state index in [2.05, 4.69) is 14.5 Å². The van der Waals surface area contributed by atoms with Crippen LogP contribution < -0.4 is 9.80 Å². The number of benzene rings is 1. The van der Waals surface area contributed by atoms with Crippen LogP contribution in [0.25, 0.3) is 11.4 Å². The number of aromatic nitrogens is 4. The van der Waals surface area contributed by atoms with E-state index >= 15 is 0 Å². The zero-order chi connectivity index (χ0) is 19.8. The molecule has 2 fully saturated rings. The minimum absolute atomic E-state index is 0.192. The third kappa shape index (κ3) is 3.82. The molecule has 29 heavy (non-hydrogen) atoms. The molecule has 1 aliphatic heterocycles. The van der Waals surface area contributed by atoms with Crippen molar-refractivity contribution in [2.75, 3.05) is 31.1 Å². The first kappa shape index (κ1) is 18.4. The third-order valence-electron chi connectivity index (χ3n) is 5.74. The highest BCUT2D eigenvalue weighted by Gasteiger charge is 2.30. The van der Waals surface area contributed by atoms with Crippen LogP contribution in [0.4, 0.5) is 10.1 Å². The Labute approximate surface area is 174 Å². The Kier molecular flexibility index (Phi) is 4.89. The largest absolute Gasteiger partial charge is 0.360 e. The molecule has 0 unspecified atom stereocenters. The number of piperazine rings is 1. The van der Waals surface area contributed by atoms with E-state index in [-0.39, 0.29) is 5.82 Å². The highest BCUT2D eigenvalue weighted by Crippen LogP contribution is 2.38. The van der Waals surface area contributed by atoms with Gasteiger partial charge in [0.2, 0.25) is 4.77 Å². The van der Waals surface area contributed by atoms with Gasteiger partial charge in [-0.05, 0) is 61.5 Å². The molecule has 1 saturated carbocycles. The van der Waals surface area contributed by atoms with Gasteiger partial charge < -0.3 is 9.80 Å². The van der Waals surface area contributed by atoms with Gasteiger partial charge in [0.15, 0.2) is 12.5 Å². The fraction of sp³-hybridized carbons (Fsp3) is 0.381. The zero-order valence-electron chi connectivity index (χ0n) is 16.2. The van der Waals surface area contributed by atoms with Gasteiger partial charge in [-0.15, -0.1) is 5.10 Å². The molecule has 1 aliphatic carbocycles. The molecule has 0 atom stereocenters. The maximum atomic E-state index is 13.2. The molecular weight excluding hydrogens is 387 g/mol. The predicted molar refractivity (Wildman–Crippen MR) is 112 cm³/mol. The lowest BCUT2D eigenvalue weighted by molar-refractivity contribution is -0.924. The van der Waals surface area contributed by atoms with E-state index in [1.807, 2.05) is 35.1 Å². The minimum Gasteiger partial charge on any atom is -0.360 e. The SMILES string of the molecule is Fc1ccc(N2CC[NH+](Cn3nc(-c4cccnc4)n(C4CC4)c3=S)CC2)cc1. The molecule has 0 radical (unpaired) electrons. The minimum atomic E-state index is -0.192. The maximum absolute atomic E-state index is 13.2. The van der Waals surface area contributed by atoms with Gasteiger partial charge in [-0.25, -0.2) is 4.39 Å². The van der Waals surface area contributed by atoms with Crippen molar-refractivity contribution in [3.05, 3.63) is 59.4 Å². The van der Waals surface area contributed by atoms with Gasteiger partial charge in [0, 0.05) is 29.7 Å². The van der Waals surface area contributed by atoms with Crippen molar-refractivity contribution in [3.63, 3.8) is 0 Å². The Balaban J connectivity index is 1.31. The monoisotopic (exact) mass is 411 g/mol. The molecule has 0 spiro atoms. The average Bonchev–Trinajstić information content (AvgIpc) is 3.54. The van der Waals surface area contributed by atoms with Gasteiger partial charge in [-0.2, -0.15) is 4.68 Å². The van der Waals surface area contributed by atoms with Crippen LogP contribution in [0.2, 0.25) is 0 Å². The van der Waals surface area contributed by atoms with Crippen molar-refractivity contribution in [2.24, 2.45) is 0 Å². The van der Waals surface area contributed by atoms with Crippen LogP contribution in [0.15, 0.2) is 48.8 Å². The number of hydrogen-bond acceptors (Lipinski definition) is 4. The zero-order valence-corrected chi connectivity index (χ0v) is 17.0. The van der Waals surface area contributed by atoms with E-state index in [0.717, 1.165) is 67.5 Å². The maximum Gasteiger partial charge on any atom is 0.203 e. The van der Waals surface area contributed by atoms with Crippen LogP contribution in [0.3, 0.4) is 0 Å². The highest BCUT2D eigenvalue weighted by atomic mass is 32.1. The number of pyridine rings is 1. The Hall–Kier alpha value is -2.58. The summed E-state index contributed by atoms with van der Waals surface area (Å²) in [6.45, 7) is 4.64. The standard InChI is InChI=1S/C21H23FN6S/c22-17-3-5-18(6-4-17)26-12-10-25(11-13-26)15-27-21(29)28(19-7-8-19)20(24-27)16-2-1-9-23-14-16/h1-6,9,14,19H,7-8,10-13,15H2/p+1. The summed E-state index contributed by atoms with van der Waals surface area (Å²) in [5, 5.41) is 4.88. The second-order valence-corrected chi connectivity index (χ2v) is 8.19. The Bertz CT molecular complexity index is 1030. The molecule has 5 rings (SSSR count). The van der Waals surface area contributed by atoms with E-state index in [1.54, 1.807) is 6.20 Å². The first-order valence-corrected chi connectivity index (χ1v) is 10.5. The molecule has 0 amide bonds. The molecular formula is C21H24FN6S+. The summed E-state index contributed by atoms with van der Waals surface area (Å²) in [5.41, 5.74) is 2.10. The van der Waals surface area contributed by atoms with Crippen LogP contribution >= 0.6 is 12.2 Å². The number of quaternary nitrogens is 1. The smallest absolute Gasteiger partial charge is 0.203 e. The van der Waals surface area contributed by atoms with Crippen molar-refractivity contribution in [2.45, 2.75) is 25.6 Å². The molecule has 0 bridgehead atoms. The molecule has 2 aromatic heterocycles. The Morgan fingerprint density at radius 3 is 2.52 bits per heavy atom. The van der Waals surface area contributed by atoms with E-state index in [9.17, 15) is 4.39 Å². The lowest BCUT2D eigenvalue weighted by atomic mass is 10.2. The Morgan fingerprint density at radius 2 is 1.86 bits per heavy atom. The summed E-state index contributed by atoms with van der Waals surface area (Å²) in [6.07, 6.45) is 5.96. The van der Waals surface area contributed by atoms with Crippen molar-refractivity contribution in [1.29, 1.82) is 0 Å². The van der Waals surface area contributed by atoms with Crippen LogP contribution in [0, 0.1) is 10.6 Å². The normalized spacial score (nSPS) is 17.6. The van der Waals surface area contributed by atoms with Gasteiger partial charge in [-0.1, -0.05) is 0 Å². The molecule has 6 nitrogen and oxygen atoms in total. The van der Waals surface area contributed by atoms with Crippen molar-refractivity contribution < 1.29 is 9.29 Å². The van der Waals surface area contributed by atoms with Gasteiger partial charge in [0.25, 0.3) is 0 Å². The summed E-state index contributed by atoms with van der Waals surface area (Å²) in [7, 11) is 0. The summed E-state index contributed by atoms with van der Waals surface area (Å²) < 4.78 is 18.2. The topological polar surface area (TPSA) is 43.3 Å². The number of hydrogen-bond donors (Lipinski definition) is 1. The van der Waals surface area contributed by atoms with Gasteiger partial charge in [0.05, 0.1) is 26.2 Å². The lowest BCUT2D eigenvalue weighted by Crippen LogP contribution is -3.14. The van der Waals surface area contributed by atoms with Gasteiger partial charge in [-0.3, -0.25) is 9.55 Å². The van der Waals surface area contributed by atoms with Crippen LogP contribution in [-0.4, -0.2) is 45.5 Å². The quantitative estimate of drug-likeness (QED) is 0.655. The van der Waals surface area contributed by atoms with Crippen molar-refractivity contribution >= 4 is 17.9 Å². The van der Waals surface area contributed by atoms with Crippen molar-refractivity contribution in [3.8, 4) is 11.4 Å². The van der Waals surface area contributed by atoms with Crippen molar-refractivity contribution in [1.82, 2.24) is 19.3 Å². The van der Waals surface area contributed by atoms with E-state index in [1.165, 1.54) is 17.0 Å². The first-order valence-electron chi connectivity index (χ1n) is 10.1. The molecule has 3 aromatic rings. The van der Waals surface area contributed by atoms with E-state index < -0.39 is 0 Å². The lowest BCUT2D eigenvalue weighted by Gasteiger charge is -2.33. The average molecular weight is 412 g/mol. The predicted octanol–water partition coefficient (Wildman–Crippen LogP) is 2.31. The summed E-state index contributed by atoms with van der Waals surface area (Å²) in [5.74, 6) is 0.734. The van der Waals surface area contributed by atoms with Crippen LogP contribution in [-0.2, 0) is 6.67 Å². The Morgan fingerprint density at radius 1 is 1.10 bits per heavy atom. The summed E-state index contributed by atoms with van der Waals surface area (Å²) in [6, 6.07) is 11.2.